The Balaban J connectivity index is 1.57. The highest BCUT2D eigenvalue weighted by molar-refractivity contribution is 7.90. The highest BCUT2D eigenvalue weighted by atomic mass is 32.2. The summed E-state index contributed by atoms with van der Waals surface area (Å²) in [6.45, 7) is 1.80. The third-order valence-corrected chi connectivity index (χ3v) is 7.87. The topological polar surface area (TPSA) is 116 Å². The molecule has 4 heterocycles. The second kappa shape index (κ2) is 6.36. The number of amides is 1. The van der Waals surface area contributed by atoms with Crippen molar-refractivity contribution < 1.29 is 17.9 Å². The Morgan fingerprint density at radius 3 is 2.85 bits per heavy atom. The van der Waals surface area contributed by atoms with Gasteiger partial charge in [0.15, 0.2) is 0 Å². The lowest BCUT2D eigenvalue weighted by Gasteiger charge is -2.39. The SMILES string of the molecule is CN(C)CCN1C[C@@]23CN(C(=O)c4ccc(=O)[nH]n4)C[C@@H](C[C@@H]2S1(=O)=O)O3. The summed E-state index contributed by atoms with van der Waals surface area (Å²) in [5.74, 6) is -0.330. The second-order valence-corrected chi connectivity index (χ2v) is 9.82. The number of rotatable bonds is 4. The van der Waals surface area contributed by atoms with Gasteiger partial charge in [0.05, 0.1) is 12.6 Å². The van der Waals surface area contributed by atoms with E-state index in [0.717, 1.165) is 0 Å². The predicted octanol–water partition coefficient (Wildman–Crippen LogP) is -1.67. The number of hydrogen-bond acceptors (Lipinski definition) is 7. The largest absolute Gasteiger partial charge is 0.365 e. The Kier molecular flexibility index (Phi) is 4.37. The summed E-state index contributed by atoms with van der Waals surface area (Å²) in [5, 5.41) is 5.43. The van der Waals surface area contributed by atoms with Crippen LogP contribution in [0, 0.1) is 0 Å². The first-order chi connectivity index (χ1) is 12.7. The van der Waals surface area contributed by atoms with Gasteiger partial charge in [0.2, 0.25) is 10.0 Å². The highest BCUT2D eigenvalue weighted by Crippen LogP contribution is 2.46. The molecule has 1 amide bonds. The lowest BCUT2D eigenvalue weighted by molar-refractivity contribution is -0.0978. The van der Waals surface area contributed by atoms with Crippen LogP contribution in [0.3, 0.4) is 0 Å². The van der Waals surface area contributed by atoms with E-state index in [0.29, 0.717) is 26.1 Å². The molecule has 1 aromatic rings. The molecule has 11 heteroatoms. The number of hydrogen-bond donors (Lipinski definition) is 1. The molecule has 27 heavy (non-hydrogen) atoms. The Labute approximate surface area is 157 Å². The Bertz CT molecular complexity index is 896. The minimum atomic E-state index is -3.46. The summed E-state index contributed by atoms with van der Waals surface area (Å²) < 4.78 is 33.6. The van der Waals surface area contributed by atoms with Crippen LogP contribution in [-0.4, -0.2) is 102 Å². The summed E-state index contributed by atoms with van der Waals surface area (Å²) in [7, 11) is 0.328. The number of carbonyl (C=O) groups excluding carboxylic acids is 1. The average molecular weight is 397 g/mol. The third-order valence-electron chi connectivity index (χ3n) is 5.49. The fourth-order valence-electron chi connectivity index (χ4n) is 4.24. The van der Waals surface area contributed by atoms with E-state index < -0.39 is 20.9 Å². The molecule has 0 aromatic carbocycles. The molecule has 0 saturated carbocycles. The molecule has 3 aliphatic rings. The first-order valence-corrected chi connectivity index (χ1v) is 10.4. The summed E-state index contributed by atoms with van der Waals surface area (Å²) >= 11 is 0. The molecule has 1 N–H and O–H groups in total. The van der Waals surface area contributed by atoms with E-state index in [1.165, 1.54) is 16.4 Å². The molecule has 3 saturated heterocycles. The minimum Gasteiger partial charge on any atom is -0.365 e. The van der Waals surface area contributed by atoms with Crippen molar-refractivity contribution >= 4 is 15.9 Å². The molecule has 1 spiro atoms. The number of sulfonamides is 1. The zero-order valence-electron chi connectivity index (χ0n) is 15.3. The number of fused-ring (bicyclic) bond motifs is 1. The lowest BCUT2D eigenvalue weighted by Crippen LogP contribution is -2.56. The van der Waals surface area contributed by atoms with Gasteiger partial charge in [-0.2, -0.15) is 9.40 Å². The molecular weight excluding hydrogens is 374 g/mol. The number of nitrogens with zero attached hydrogens (tertiary/aromatic N) is 4. The van der Waals surface area contributed by atoms with Crippen LogP contribution in [0.25, 0.3) is 0 Å². The van der Waals surface area contributed by atoms with E-state index >= 15 is 0 Å². The first-order valence-electron chi connectivity index (χ1n) is 8.88. The number of aromatic nitrogens is 2. The summed E-state index contributed by atoms with van der Waals surface area (Å²) in [5.41, 5.74) is -1.15. The van der Waals surface area contributed by atoms with Gasteiger partial charge in [0.25, 0.3) is 11.5 Å². The van der Waals surface area contributed by atoms with Crippen molar-refractivity contribution in [3.63, 3.8) is 0 Å². The van der Waals surface area contributed by atoms with Crippen LogP contribution in [0.5, 0.6) is 0 Å². The van der Waals surface area contributed by atoms with Crippen molar-refractivity contribution in [1.82, 2.24) is 24.3 Å². The molecular formula is C16H23N5O5S. The standard InChI is InChI=1S/C16H23N5O5S/c1-19(2)5-6-21-10-16-9-20(15(23)12-3-4-14(22)18-17-12)8-11(26-16)7-13(16)27(21,24)25/h3-4,11,13H,5-10H2,1-2H3,(H,18,22)/t11-,13+,16+/m1/s1. The number of aromatic amines is 1. The summed E-state index contributed by atoms with van der Waals surface area (Å²) in [6.07, 6.45) is 0.0881. The van der Waals surface area contributed by atoms with Crippen LogP contribution in [-0.2, 0) is 14.8 Å². The van der Waals surface area contributed by atoms with E-state index in [-0.39, 0.29) is 36.4 Å². The second-order valence-electron chi connectivity index (χ2n) is 7.70. The smallest absolute Gasteiger partial charge is 0.274 e. The number of morpholine rings is 1. The van der Waals surface area contributed by atoms with Gasteiger partial charge in [-0.1, -0.05) is 0 Å². The minimum absolute atomic E-state index is 0.133. The summed E-state index contributed by atoms with van der Waals surface area (Å²) in [4.78, 5) is 27.5. The van der Waals surface area contributed by atoms with Gasteiger partial charge in [-0.25, -0.2) is 13.5 Å². The van der Waals surface area contributed by atoms with Crippen LogP contribution >= 0.6 is 0 Å². The van der Waals surface area contributed by atoms with Gasteiger partial charge in [0, 0.05) is 32.2 Å². The van der Waals surface area contributed by atoms with Gasteiger partial charge < -0.3 is 14.5 Å². The number of ether oxygens (including phenoxy) is 1. The van der Waals surface area contributed by atoms with Gasteiger partial charge in [-0.3, -0.25) is 9.59 Å². The molecule has 0 aliphatic carbocycles. The van der Waals surface area contributed by atoms with Gasteiger partial charge in [-0.15, -0.1) is 0 Å². The molecule has 148 valence electrons. The molecule has 3 fully saturated rings. The zero-order chi connectivity index (χ0) is 19.4. The average Bonchev–Trinajstić information content (AvgIpc) is 2.98. The molecule has 2 bridgehead atoms. The van der Waals surface area contributed by atoms with E-state index in [4.69, 9.17) is 4.74 Å². The molecule has 0 radical (unpaired) electrons. The monoisotopic (exact) mass is 397 g/mol. The number of H-pyrrole nitrogens is 1. The van der Waals surface area contributed by atoms with Crippen molar-refractivity contribution in [3.05, 3.63) is 28.2 Å². The molecule has 3 atom stereocenters. The van der Waals surface area contributed by atoms with Crippen LogP contribution in [0.4, 0.5) is 0 Å². The predicted molar refractivity (Wildman–Crippen MR) is 95.8 cm³/mol. The fraction of sp³-hybridized carbons (Fsp3) is 0.688. The van der Waals surface area contributed by atoms with Crippen LogP contribution in [0.1, 0.15) is 16.9 Å². The molecule has 3 aliphatic heterocycles. The number of likely N-dealkylation sites (N-methyl/N-ethyl adjacent to an activating group) is 1. The molecule has 0 unspecified atom stereocenters. The maximum atomic E-state index is 13.0. The molecule has 10 nitrogen and oxygen atoms in total. The van der Waals surface area contributed by atoms with E-state index in [1.54, 1.807) is 4.90 Å². The number of likely N-dealkylation sites (tertiary alicyclic amines) is 1. The quantitative estimate of drug-likeness (QED) is 0.646. The van der Waals surface area contributed by atoms with E-state index in [1.807, 2.05) is 19.0 Å². The molecule has 4 rings (SSSR count). The highest BCUT2D eigenvalue weighted by Gasteiger charge is 2.65. The fourth-order valence-corrected chi connectivity index (χ4v) is 6.54. The third kappa shape index (κ3) is 3.08. The van der Waals surface area contributed by atoms with E-state index in [2.05, 4.69) is 10.2 Å². The van der Waals surface area contributed by atoms with Crippen molar-refractivity contribution in [2.45, 2.75) is 23.4 Å². The Morgan fingerprint density at radius 1 is 1.41 bits per heavy atom. The van der Waals surface area contributed by atoms with Gasteiger partial charge in [0.1, 0.15) is 16.5 Å². The summed E-state index contributed by atoms with van der Waals surface area (Å²) in [6, 6.07) is 2.63. The van der Waals surface area contributed by atoms with Crippen molar-refractivity contribution in [1.29, 1.82) is 0 Å². The van der Waals surface area contributed by atoms with Gasteiger partial charge in [-0.05, 0) is 26.6 Å². The van der Waals surface area contributed by atoms with Gasteiger partial charge >= 0.3 is 0 Å². The zero-order valence-corrected chi connectivity index (χ0v) is 16.1. The van der Waals surface area contributed by atoms with Crippen molar-refractivity contribution in [3.8, 4) is 0 Å². The van der Waals surface area contributed by atoms with E-state index in [9.17, 15) is 18.0 Å². The lowest BCUT2D eigenvalue weighted by atomic mass is 9.99. The number of nitrogens with one attached hydrogen (secondary N) is 1. The number of carbonyl (C=O) groups is 1. The van der Waals surface area contributed by atoms with Crippen LogP contribution < -0.4 is 5.56 Å². The normalized spacial score (nSPS) is 32.0. The Morgan fingerprint density at radius 2 is 2.19 bits per heavy atom. The van der Waals surface area contributed by atoms with Crippen molar-refractivity contribution in [2.24, 2.45) is 0 Å². The maximum Gasteiger partial charge on any atom is 0.274 e. The Hall–Kier alpha value is -1.82. The molecule has 1 aromatic heterocycles. The maximum absolute atomic E-state index is 13.0. The van der Waals surface area contributed by atoms with Crippen LogP contribution in [0.15, 0.2) is 16.9 Å². The van der Waals surface area contributed by atoms with Crippen molar-refractivity contribution in [2.75, 3.05) is 46.8 Å². The van der Waals surface area contributed by atoms with Crippen LogP contribution in [0.2, 0.25) is 0 Å². The first kappa shape index (κ1) is 18.5.